The van der Waals surface area contributed by atoms with E-state index >= 15 is 0 Å². The van der Waals surface area contributed by atoms with E-state index in [0.717, 1.165) is 27.4 Å². The van der Waals surface area contributed by atoms with Crippen LogP contribution in [0.1, 0.15) is 46.7 Å². The number of hydrogen-bond acceptors (Lipinski definition) is 10. The Balaban J connectivity index is 1.40. The molecule has 1 unspecified atom stereocenters. The number of nitriles is 1. The number of nitrogens with zero attached hydrogens (tertiary/aromatic N) is 4. The molecule has 3 aromatic rings. The molecule has 0 bridgehead atoms. The highest BCUT2D eigenvalue weighted by molar-refractivity contribution is 8.01. The van der Waals surface area contributed by atoms with E-state index < -0.39 is 5.92 Å². The number of Topliss-reactive ketones (excluding diaryl/α,β-unsaturated/α-hetero) is 1. The van der Waals surface area contributed by atoms with Crippen molar-refractivity contribution in [2.24, 2.45) is 5.73 Å². The third kappa shape index (κ3) is 4.87. The molecule has 0 fully saturated rings. The number of nitrogens with one attached hydrogen (secondary N) is 1. The summed E-state index contributed by atoms with van der Waals surface area (Å²) in [5, 5.41) is 24.1. The Labute approximate surface area is 233 Å². The number of thiophene rings is 1. The third-order valence-electron chi connectivity index (χ3n) is 6.78. The van der Waals surface area contributed by atoms with Gasteiger partial charge in [-0.1, -0.05) is 29.2 Å². The number of allylic oxidation sites excluding steroid dienone is 3. The van der Waals surface area contributed by atoms with Gasteiger partial charge in [-0.25, -0.2) is 0 Å². The van der Waals surface area contributed by atoms with Crippen LogP contribution in [-0.2, 0) is 9.59 Å². The molecule has 2 aliphatic rings. The summed E-state index contributed by atoms with van der Waals surface area (Å²) in [4.78, 5) is 28.5. The fraction of sp³-hybridized carbons (Fsp3) is 0.296. The van der Waals surface area contributed by atoms with Crippen LogP contribution in [0.15, 0.2) is 56.6 Å². The van der Waals surface area contributed by atoms with Gasteiger partial charge in [-0.15, -0.1) is 21.5 Å². The zero-order valence-electron chi connectivity index (χ0n) is 21.2. The summed E-state index contributed by atoms with van der Waals surface area (Å²) in [6, 6.07) is 10.1. The number of rotatable bonds is 6. The number of nitrogens with two attached hydrogens (primary N) is 1. The van der Waals surface area contributed by atoms with Crippen LogP contribution in [0.2, 0.25) is 0 Å². The molecule has 194 valence electrons. The van der Waals surface area contributed by atoms with Gasteiger partial charge in [-0.05, 0) is 73.9 Å². The molecule has 0 saturated carbocycles. The van der Waals surface area contributed by atoms with Crippen LogP contribution in [0, 0.1) is 32.1 Å². The molecule has 3 N–H and O–H groups in total. The normalized spacial score (nSPS) is 17.5. The topological polar surface area (TPSA) is 125 Å². The van der Waals surface area contributed by atoms with Crippen molar-refractivity contribution in [3.05, 3.63) is 73.9 Å². The Bertz CT molecular complexity index is 1540. The van der Waals surface area contributed by atoms with E-state index in [-0.39, 0.29) is 23.3 Å². The minimum atomic E-state index is -0.463. The van der Waals surface area contributed by atoms with Crippen LogP contribution < -0.4 is 16.0 Å². The molecule has 1 aliphatic heterocycles. The molecular weight excluding hydrogens is 537 g/mol. The molecule has 0 radical (unpaired) electrons. The fourth-order valence-corrected chi connectivity index (χ4v) is 7.47. The number of carbonyl (C=O) groups is 2. The first-order valence-corrected chi connectivity index (χ1v) is 14.8. The molecule has 38 heavy (non-hydrogen) atoms. The van der Waals surface area contributed by atoms with Gasteiger partial charge >= 0.3 is 0 Å². The van der Waals surface area contributed by atoms with Crippen molar-refractivity contribution in [1.29, 1.82) is 5.26 Å². The highest BCUT2D eigenvalue weighted by Gasteiger charge is 2.42. The smallest absolute Gasteiger partial charge is 0.234 e. The SMILES string of the molecule is Cc1ccc(NC(=O)CSc2nnc(N3C(N)=C(C#N)C(c4sccc4C)C4=C3CCCC4=O)s2)cc1C. The summed E-state index contributed by atoms with van der Waals surface area (Å²) in [5.41, 5.74) is 12.4. The van der Waals surface area contributed by atoms with Crippen molar-refractivity contribution in [2.45, 2.75) is 50.3 Å². The lowest BCUT2D eigenvalue weighted by atomic mass is 9.78. The summed E-state index contributed by atoms with van der Waals surface area (Å²) in [7, 11) is 0. The Morgan fingerprint density at radius 1 is 1.21 bits per heavy atom. The summed E-state index contributed by atoms with van der Waals surface area (Å²) in [6.45, 7) is 6.02. The maximum Gasteiger partial charge on any atom is 0.234 e. The molecule has 11 heteroatoms. The van der Waals surface area contributed by atoms with Gasteiger partial charge in [0.15, 0.2) is 10.1 Å². The van der Waals surface area contributed by atoms with Gasteiger partial charge in [-0.2, -0.15) is 5.26 Å². The first-order chi connectivity index (χ1) is 18.3. The number of benzene rings is 1. The molecule has 1 atom stereocenters. The van der Waals surface area contributed by atoms with Crippen LogP contribution in [0.5, 0.6) is 0 Å². The zero-order chi connectivity index (χ0) is 27.0. The van der Waals surface area contributed by atoms with E-state index in [4.69, 9.17) is 5.73 Å². The van der Waals surface area contributed by atoms with Gasteiger partial charge in [0.05, 0.1) is 23.3 Å². The number of carbonyl (C=O) groups excluding carboxylic acids is 2. The van der Waals surface area contributed by atoms with Gasteiger partial charge in [0, 0.05) is 28.3 Å². The van der Waals surface area contributed by atoms with E-state index in [1.165, 1.54) is 40.0 Å². The van der Waals surface area contributed by atoms with E-state index in [1.54, 1.807) is 4.90 Å². The van der Waals surface area contributed by atoms with Crippen LogP contribution in [0.4, 0.5) is 10.8 Å². The molecule has 1 aliphatic carbocycles. The molecule has 1 aromatic carbocycles. The minimum absolute atomic E-state index is 0.0384. The Kier molecular flexibility index (Phi) is 7.38. The Morgan fingerprint density at radius 2 is 2.03 bits per heavy atom. The third-order valence-corrected chi connectivity index (χ3v) is 9.91. The first-order valence-electron chi connectivity index (χ1n) is 12.1. The molecule has 1 amide bonds. The quantitative estimate of drug-likeness (QED) is 0.374. The highest BCUT2D eigenvalue weighted by atomic mass is 32.2. The number of aromatic nitrogens is 2. The van der Waals surface area contributed by atoms with Gasteiger partial charge < -0.3 is 11.1 Å². The van der Waals surface area contributed by atoms with E-state index in [2.05, 4.69) is 21.6 Å². The van der Waals surface area contributed by atoms with Gasteiger partial charge in [-0.3, -0.25) is 14.5 Å². The molecule has 8 nitrogen and oxygen atoms in total. The number of anilines is 2. The summed E-state index contributed by atoms with van der Waals surface area (Å²) >= 11 is 4.10. The summed E-state index contributed by atoms with van der Waals surface area (Å²) in [6.07, 6.45) is 1.80. The average molecular weight is 563 g/mol. The number of hydrogen-bond donors (Lipinski definition) is 2. The zero-order valence-corrected chi connectivity index (χ0v) is 23.6. The average Bonchev–Trinajstić information content (AvgIpc) is 3.53. The minimum Gasteiger partial charge on any atom is -0.384 e. The maximum atomic E-state index is 13.2. The second-order valence-electron chi connectivity index (χ2n) is 9.27. The largest absolute Gasteiger partial charge is 0.384 e. The summed E-state index contributed by atoms with van der Waals surface area (Å²) in [5.74, 6) is -0.121. The standard InChI is InChI=1S/C27H26N6O2S3/c1-14-7-8-17(11-16(14)3)30-21(35)13-37-27-32-31-26(38-27)33-19-5-4-6-20(34)23(19)22(18(12-28)25(33)29)24-15(2)9-10-36-24/h7-11,22H,4-6,13,29H2,1-3H3,(H,30,35). The highest BCUT2D eigenvalue weighted by Crippen LogP contribution is 2.48. The Morgan fingerprint density at radius 3 is 2.74 bits per heavy atom. The van der Waals surface area contributed by atoms with Crippen molar-refractivity contribution >= 4 is 56.9 Å². The van der Waals surface area contributed by atoms with Crippen LogP contribution in [-0.4, -0.2) is 27.6 Å². The number of ketones is 1. The predicted molar refractivity (Wildman–Crippen MR) is 152 cm³/mol. The van der Waals surface area contributed by atoms with E-state index in [0.29, 0.717) is 39.9 Å². The Hall–Kier alpha value is -3.46. The lowest BCUT2D eigenvalue weighted by Crippen LogP contribution is -2.38. The lowest BCUT2D eigenvalue weighted by Gasteiger charge is -2.37. The monoisotopic (exact) mass is 562 g/mol. The van der Waals surface area contributed by atoms with Crippen LogP contribution in [0.3, 0.4) is 0 Å². The molecule has 2 aromatic heterocycles. The molecule has 3 heterocycles. The van der Waals surface area contributed by atoms with Crippen molar-refractivity contribution in [3.8, 4) is 6.07 Å². The number of amides is 1. The van der Waals surface area contributed by atoms with Crippen molar-refractivity contribution in [2.75, 3.05) is 16.0 Å². The first kappa shape index (κ1) is 26.2. The molecule has 0 saturated heterocycles. The van der Waals surface area contributed by atoms with Gasteiger partial charge in [0.25, 0.3) is 0 Å². The molecule has 5 rings (SSSR count). The van der Waals surface area contributed by atoms with Gasteiger partial charge in [0.1, 0.15) is 5.82 Å². The fourth-order valence-electron chi connectivity index (χ4n) is 4.74. The maximum absolute atomic E-state index is 13.2. The van der Waals surface area contributed by atoms with Crippen LogP contribution in [0.25, 0.3) is 0 Å². The molecular formula is C27H26N6O2S3. The van der Waals surface area contributed by atoms with E-state index in [1.807, 2.05) is 50.4 Å². The lowest BCUT2D eigenvalue weighted by molar-refractivity contribution is -0.116. The van der Waals surface area contributed by atoms with Crippen molar-refractivity contribution in [3.63, 3.8) is 0 Å². The summed E-state index contributed by atoms with van der Waals surface area (Å²) < 4.78 is 0.599. The predicted octanol–water partition coefficient (Wildman–Crippen LogP) is 5.56. The van der Waals surface area contributed by atoms with E-state index in [9.17, 15) is 14.9 Å². The second kappa shape index (κ2) is 10.7. The number of aryl methyl sites for hydroxylation is 3. The van der Waals surface area contributed by atoms with Crippen molar-refractivity contribution < 1.29 is 9.59 Å². The molecule has 0 spiro atoms. The number of thioether (sulfide) groups is 1. The van der Waals surface area contributed by atoms with Gasteiger partial charge in [0.2, 0.25) is 11.0 Å². The van der Waals surface area contributed by atoms with Crippen LogP contribution >= 0.6 is 34.4 Å². The van der Waals surface area contributed by atoms with Crippen molar-refractivity contribution in [1.82, 2.24) is 10.2 Å². The second-order valence-corrected chi connectivity index (χ2v) is 12.4.